The SMILES string of the molecule is CNc1cccc(C(=O)N2CC[C@H](Cc3ccccc3)[C@H](OC)C2)n1. The summed E-state index contributed by atoms with van der Waals surface area (Å²) in [6, 6.07) is 15.9. The molecule has 5 nitrogen and oxygen atoms in total. The third-order valence-electron chi connectivity index (χ3n) is 4.85. The number of aromatic nitrogens is 1. The molecule has 2 heterocycles. The minimum atomic E-state index is -0.0303. The summed E-state index contributed by atoms with van der Waals surface area (Å²) in [6.07, 6.45) is 1.96. The first-order chi connectivity index (χ1) is 12.2. The lowest BCUT2D eigenvalue weighted by Gasteiger charge is -2.37. The van der Waals surface area contributed by atoms with Gasteiger partial charge in [-0.15, -0.1) is 0 Å². The fraction of sp³-hybridized carbons (Fsp3) is 0.400. The van der Waals surface area contributed by atoms with Crippen LogP contribution in [0.2, 0.25) is 0 Å². The Bertz CT molecular complexity index is 705. The van der Waals surface area contributed by atoms with E-state index in [1.807, 2.05) is 23.1 Å². The van der Waals surface area contributed by atoms with Crippen LogP contribution in [0.15, 0.2) is 48.5 Å². The van der Waals surface area contributed by atoms with Gasteiger partial charge in [0.15, 0.2) is 0 Å². The van der Waals surface area contributed by atoms with Gasteiger partial charge >= 0.3 is 0 Å². The van der Waals surface area contributed by atoms with Crippen LogP contribution < -0.4 is 5.32 Å². The molecule has 1 saturated heterocycles. The molecule has 2 atom stereocenters. The number of pyridine rings is 1. The highest BCUT2D eigenvalue weighted by Crippen LogP contribution is 2.25. The van der Waals surface area contributed by atoms with Gasteiger partial charge in [-0.1, -0.05) is 36.4 Å². The number of likely N-dealkylation sites (tertiary alicyclic amines) is 1. The number of carbonyl (C=O) groups excluding carboxylic acids is 1. The lowest BCUT2D eigenvalue weighted by atomic mass is 9.87. The molecule has 1 aromatic carbocycles. The third-order valence-corrected chi connectivity index (χ3v) is 4.85. The average Bonchev–Trinajstić information content (AvgIpc) is 2.68. The van der Waals surface area contributed by atoms with Gasteiger partial charge in [-0.3, -0.25) is 4.79 Å². The predicted octanol–water partition coefficient (Wildman–Crippen LogP) is 2.84. The number of methoxy groups -OCH3 is 1. The Hall–Kier alpha value is -2.40. The lowest BCUT2D eigenvalue weighted by Crippen LogP contribution is -2.48. The molecule has 0 bridgehead atoms. The zero-order valence-corrected chi connectivity index (χ0v) is 14.8. The molecule has 1 aliphatic heterocycles. The second kappa shape index (κ2) is 8.12. The first-order valence-corrected chi connectivity index (χ1v) is 8.72. The topological polar surface area (TPSA) is 54.5 Å². The number of carbonyl (C=O) groups is 1. The van der Waals surface area contributed by atoms with Crippen LogP contribution in [0.5, 0.6) is 0 Å². The van der Waals surface area contributed by atoms with Gasteiger partial charge in [-0.05, 0) is 36.5 Å². The molecule has 0 saturated carbocycles. The molecule has 1 amide bonds. The third kappa shape index (κ3) is 4.17. The maximum Gasteiger partial charge on any atom is 0.272 e. The number of benzene rings is 1. The van der Waals surface area contributed by atoms with E-state index in [0.29, 0.717) is 24.0 Å². The van der Waals surface area contributed by atoms with E-state index in [1.54, 1.807) is 20.2 Å². The van der Waals surface area contributed by atoms with Crippen molar-refractivity contribution in [2.45, 2.75) is 18.9 Å². The van der Waals surface area contributed by atoms with Gasteiger partial charge in [-0.25, -0.2) is 4.98 Å². The summed E-state index contributed by atoms with van der Waals surface area (Å²) >= 11 is 0. The smallest absolute Gasteiger partial charge is 0.272 e. The van der Waals surface area contributed by atoms with Gasteiger partial charge in [0.05, 0.1) is 6.10 Å². The van der Waals surface area contributed by atoms with Crippen molar-refractivity contribution in [3.8, 4) is 0 Å². The van der Waals surface area contributed by atoms with Gasteiger partial charge in [0.1, 0.15) is 11.5 Å². The Kier molecular flexibility index (Phi) is 5.66. The van der Waals surface area contributed by atoms with E-state index in [-0.39, 0.29) is 12.0 Å². The molecule has 1 fully saturated rings. The van der Waals surface area contributed by atoms with E-state index in [1.165, 1.54) is 5.56 Å². The second-order valence-corrected chi connectivity index (χ2v) is 6.42. The Balaban J connectivity index is 1.67. The molecule has 0 aliphatic carbocycles. The first kappa shape index (κ1) is 17.4. The number of anilines is 1. The number of ether oxygens (including phenoxy) is 1. The Morgan fingerprint density at radius 3 is 2.76 bits per heavy atom. The zero-order valence-electron chi connectivity index (χ0n) is 14.8. The number of nitrogens with one attached hydrogen (secondary N) is 1. The number of piperidine rings is 1. The molecule has 0 radical (unpaired) electrons. The quantitative estimate of drug-likeness (QED) is 0.910. The molecule has 132 valence electrons. The molecule has 1 aliphatic rings. The highest BCUT2D eigenvalue weighted by atomic mass is 16.5. The van der Waals surface area contributed by atoms with Crippen molar-refractivity contribution in [2.75, 3.05) is 32.6 Å². The summed E-state index contributed by atoms with van der Waals surface area (Å²) < 4.78 is 5.71. The van der Waals surface area contributed by atoms with Crippen LogP contribution in [0.3, 0.4) is 0 Å². The Morgan fingerprint density at radius 1 is 1.24 bits per heavy atom. The molecule has 2 aromatic rings. The average molecular weight is 339 g/mol. The van der Waals surface area contributed by atoms with Crippen molar-refractivity contribution >= 4 is 11.7 Å². The summed E-state index contributed by atoms with van der Waals surface area (Å²) in [5.74, 6) is 1.10. The molecular formula is C20H25N3O2. The van der Waals surface area contributed by atoms with Crippen molar-refractivity contribution < 1.29 is 9.53 Å². The zero-order chi connectivity index (χ0) is 17.6. The molecular weight excluding hydrogens is 314 g/mol. The normalized spacial score (nSPS) is 20.3. The standard InChI is InChI=1S/C20H25N3O2/c1-21-19-10-6-9-17(22-19)20(24)23-12-11-16(18(14-23)25-2)13-15-7-4-3-5-8-15/h3-10,16,18H,11-14H2,1-2H3,(H,21,22)/t16-,18-/m1/s1. The lowest BCUT2D eigenvalue weighted by molar-refractivity contribution is -0.00715. The van der Waals surface area contributed by atoms with Crippen LogP contribution >= 0.6 is 0 Å². The van der Waals surface area contributed by atoms with Gasteiger partial charge in [0, 0.05) is 27.2 Å². The Labute approximate surface area is 149 Å². The van der Waals surface area contributed by atoms with Crippen molar-refractivity contribution in [3.05, 3.63) is 59.8 Å². The van der Waals surface area contributed by atoms with E-state index < -0.39 is 0 Å². The summed E-state index contributed by atoms with van der Waals surface area (Å²) in [5, 5.41) is 2.97. The number of nitrogens with zero attached hydrogens (tertiary/aromatic N) is 2. The number of hydrogen-bond donors (Lipinski definition) is 1. The maximum absolute atomic E-state index is 12.8. The molecule has 3 rings (SSSR count). The van der Waals surface area contributed by atoms with Crippen LogP contribution in [-0.4, -0.2) is 49.1 Å². The van der Waals surface area contributed by atoms with Gasteiger partial charge in [0.2, 0.25) is 0 Å². The summed E-state index contributed by atoms with van der Waals surface area (Å²) in [5.41, 5.74) is 1.79. The maximum atomic E-state index is 12.8. The predicted molar refractivity (Wildman–Crippen MR) is 98.7 cm³/mol. The molecule has 0 unspecified atom stereocenters. The van der Waals surface area contributed by atoms with Crippen LogP contribution in [0.4, 0.5) is 5.82 Å². The fourth-order valence-corrected chi connectivity index (χ4v) is 3.42. The van der Waals surface area contributed by atoms with Crippen molar-refractivity contribution in [3.63, 3.8) is 0 Å². The largest absolute Gasteiger partial charge is 0.379 e. The molecule has 0 spiro atoms. The summed E-state index contributed by atoms with van der Waals surface area (Å²) in [7, 11) is 3.53. The number of rotatable bonds is 5. The van der Waals surface area contributed by atoms with Gasteiger partial charge in [-0.2, -0.15) is 0 Å². The Morgan fingerprint density at radius 2 is 2.04 bits per heavy atom. The van der Waals surface area contributed by atoms with E-state index in [4.69, 9.17) is 4.74 Å². The highest BCUT2D eigenvalue weighted by molar-refractivity contribution is 5.92. The molecule has 25 heavy (non-hydrogen) atoms. The van der Waals surface area contributed by atoms with Crippen LogP contribution in [0, 0.1) is 5.92 Å². The van der Waals surface area contributed by atoms with Crippen LogP contribution in [-0.2, 0) is 11.2 Å². The van der Waals surface area contributed by atoms with Crippen LogP contribution in [0.25, 0.3) is 0 Å². The van der Waals surface area contributed by atoms with E-state index in [0.717, 1.165) is 19.4 Å². The highest BCUT2D eigenvalue weighted by Gasteiger charge is 2.32. The van der Waals surface area contributed by atoms with E-state index in [9.17, 15) is 4.79 Å². The summed E-state index contributed by atoms with van der Waals surface area (Å²) in [6.45, 7) is 1.35. The van der Waals surface area contributed by atoms with Crippen molar-refractivity contribution in [1.29, 1.82) is 0 Å². The van der Waals surface area contributed by atoms with Crippen molar-refractivity contribution in [2.24, 2.45) is 5.92 Å². The first-order valence-electron chi connectivity index (χ1n) is 8.72. The number of amides is 1. The van der Waals surface area contributed by atoms with Gasteiger partial charge in [0.25, 0.3) is 5.91 Å². The number of hydrogen-bond acceptors (Lipinski definition) is 4. The van der Waals surface area contributed by atoms with E-state index >= 15 is 0 Å². The van der Waals surface area contributed by atoms with Crippen molar-refractivity contribution in [1.82, 2.24) is 9.88 Å². The monoisotopic (exact) mass is 339 g/mol. The molecule has 1 aromatic heterocycles. The molecule has 5 heteroatoms. The second-order valence-electron chi connectivity index (χ2n) is 6.42. The van der Waals surface area contributed by atoms with Gasteiger partial charge < -0.3 is 15.0 Å². The molecule has 1 N–H and O–H groups in total. The summed E-state index contributed by atoms with van der Waals surface area (Å²) in [4.78, 5) is 19.0. The minimum absolute atomic E-state index is 0.0303. The van der Waals surface area contributed by atoms with Crippen LogP contribution in [0.1, 0.15) is 22.5 Å². The van der Waals surface area contributed by atoms with E-state index in [2.05, 4.69) is 34.6 Å². The fourth-order valence-electron chi connectivity index (χ4n) is 3.42. The minimum Gasteiger partial charge on any atom is -0.379 e.